The molecule has 1 unspecified atom stereocenters. The summed E-state index contributed by atoms with van der Waals surface area (Å²) >= 11 is 1.30. The van der Waals surface area contributed by atoms with Crippen LogP contribution in [0.15, 0.2) is 10.7 Å². The predicted octanol–water partition coefficient (Wildman–Crippen LogP) is 2.70. The summed E-state index contributed by atoms with van der Waals surface area (Å²) in [6.45, 7) is 2.73. The van der Waals surface area contributed by atoms with Crippen molar-refractivity contribution in [2.45, 2.75) is 44.6 Å². The van der Waals surface area contributed by atoms with Crippen LogP contribution in [0.3, 0.4) is 0 Å². The maximum atomic E-state index is 11.0. The van der Waals surface area contributed by atoms with Crippen LogP contribution in [0.25, 0.3) is 0 Å². The first-order valence-corrected chi connectivity index (χ1v) is 8.90. The Hall–Kier alpha value is -1.73. The highest BCUT2D eigenvalue weighted by Crippen LogP contribution is 2.32. The van der Waals surface area contributed by atoms with E-state index in [1.165, 1.54) is 35.9 Å². The van der Waals surface area contributed by atoms with Crippen LogP contribution >= 0.6 is 11.3 Å². The van der Waals surface area contributed by atoms with E-state index in [2.05, 4.69) is 15.0 Å². The number of fused-ring (bicyclic) bond motifs is 1. The molecule has 23 heavy (non-hydrogen) atoms. The number of nitrogens with zero attached hydrogens (tertiary/aromatic N) is 3. The minimum Gasteiger partial charge on any atom is -0.477 e. The number of aromatic nitrogens is 2. The van der Waals surface area contributed by atoms with Gasteiger partial charge in [-0.3, -0.25) is 4.90 Å². The van der Waals surface area contributed by atoms with Gasteiger partial charge in [0.1, 0.15) is 16.3 Å². The van der Waals surface area contributed by atoms with Crippen LogP contribution < -0.4 is 0 Å². The molecule has 1 aliphatic carbocycles. The van der Waals surface area contributed by atoms with E-state index < -0.39 is 5.97 Å². The summed E-state index contributed by atoms with van der Waals surface area (Å²) in [6, 6.07) is 0. The Morgan fingerprint density at radius 2 is 2.30 bits per heavy atom. The zero-order valence-corrected chi connectivity index (χ0v) is 13.6. The van der Waals surface area contributed by atoms with Crippen molar-refractivity contribution in [3.05, 3.63) is 33.1 Å². The lowest BCUT2D eigenvalue weighted by molar-refractivity contribution is 0.0702. The highest BCUT2D eigenvalue weighted by Gasteiger charge is 2.29. The lowest BCUT2D eigenvalue weighted by atomic mass is 9.96. The van der Waals surface area contributed by atoms with Crippen LogP contribution in [-0.4, -0.2) is 39.2 Å². The minimum atomic E-state index is -0.891. The van der Waals surface area contributed by atoms with Crippen molar-refractivity contribution in [1.82, 2.24) is 15.0 Å². The normalized spacial score (nSPS) is 21.5. The molecule has 2 aromatic heterocycles. The summed E-state index contributed by atoms with van der Waals surface area (Å²) in [7, 11) is 0. The molecule has 0 aromatic carbocycles. The molecule has 0 spiro atoms. The van der Waals surface area contributed by atoms with Crippen LogP contribution in [-0.2, 0) is 19.4 Å². The molecule has 0 saturated carbocycles. The quantitative estimate of drug-likeness (QED) is 0.927. The molecule has 0 amide bonds. The summed E-state index contributed by atoms with van der Waals surface area (Å²) in [4.78, 5) is 18.0. The van der Waals surface area contributed by atoms with Crippen molar-refractivity contribution in [1.29, 1.82) is 0 Å². The molecule has 1 fully saturated rings. The van der Waals surface area contributed by atoms with E-state index in [0.717, 1.165) is 55.4 Å². The Labute approximate surface area is 138 Å². The SMILES string of the molecule is O=C(O)c1cnc(C2CCN(Cc3noc4c3CCCC4)C2)s1. The first-order valence-electron chi connectivity index (χ1n) is 8.08. The molecule has 1 saturated heterocycles. The van der Waals surface area contributed by atoms with Crippen LogP contribution in [0.5, 0.6) is 0 Å². The van der Waals surface area contributed by atoms with Gasteiger partial charge in [0.15, 0.2) is 0 Å². The first-order chi connectivity index (χ1) is 11.2. The van der Waals surface area contributed by atoms with E-state index in [0.29, 0.717) is 10.8 Å². The number of aryl methyl sites for hydroxylation is 1. The predicted molar refractivity (Wildman–Crippen MR) is 84.9 cm³/mol. The second-order valence-corrected chi connectivity index (χ2v) is 7.39. The Bertz CT molecular complexity index is 724. The molecular weight excluding hydrogens is 314 g/mol. The number of carboxylic acids is 1. The number of carboxylic acid groups (broad SMARTS) is 1. The van der Waals surface area contributed by atoms with Gasteiger partial charge in [-0.2, -0.15) is 0 Å². The third kappa shape index (κ3) is 2.90. The van der Waals surface area contributed by atoms with Gasteiger partial charge in [-0.15, -0.1) is 11.3 Å². The van der Waals surface area contributed by atoms with E-state index >= 15 is 0 Å². The largest absolute Gasteiger partial charge is 0.477 e. The van der Waals surface area contributed by atoms with Gasteiger partial charge in [0.05, 0.1) is 11.2 Å². The number of likely N-dealkylation sites (tertiary alicyclic amines) is 1. The minimum absolute atomic E-state index is 0.323. The van der Waals surface area contributed by atoms with E-state index in [-0.39, 0.29) is 0 Å². The molecule has 0 radical (unpaired) electrons. The maximum absolute atomic E-state index is 11.0. The highest BCUT2D eigenvalue weighted by molar-refractivity contribution is 7.13. The summed E-state index contributed by atoms with van der Waals surface area (Å²) in [6.07, 6.45) is 7.01. The van der Waals surface area contributed by atoms with Gasteiger partial charge in [0, 0.05) is 31.0 Å². The van der Waals surface area contributed by atoms with Crippen LogP contribution in [0.2, 0.25) is 0 Å². The molecule has 122 valence electrons. The van der Waals surface area contributed by atoms with Crippen LogP contribution in [0.4, 0.5) is 0 Å². The smallest absolute Gasteiger partial charge is 0.347 e. The average Bonchev–Trinajstić information content (AvgIpc) is 3.26. The zero-order chi connectivity index (χ0) is 15.8. The lowest BCUT2D eigenvalue weighted by Crippen LogP contribution is -2.21. The van der Waals surface area contributed by atoms with E-state index in [9.17, 15) is 4.79 Å². The van der Waals surface area contributed by atoms with E-state index in [1.807, 2.05) is 0 Å². The molecule has 1 aliphatic heterocycles. The van der Waals surface area contributed by atoms with Crippen molar-refractivity contribution in [3.8, 4) is 0 Å². The van der Waals surface area contributed by atoms with Crippen molar-refractivity contribution in [2.75, 3.05) is 13.1 Å². The van der Waals surface area contributed by atoms with Gasteiger partial charge in [0.2, 0.25) is 0 Å². The molecule has 6 nitrogen and oxygen atoms in total. The van der Waals surface area contributed by atoms with Gasteiger partial charge >= 0.3 is 5.97 Å². The Morgan fingerprint density at radius 1 is 1.43 bits per heavy atom. The topological polar surface area (TPSA) is 79.5 Å². The molecule has 1 N–H and O–H groups in total. The molecule has 2 aliphatic rings. The van der Waals surface area contributed by atoms with Crippen LogP contribution in [0, 0.1) is 0 Å². The van der Waals surface area contributed by atoms with Gasteiger partial charge in [0.25, 0.3) is 0 Å². The molecule has 3 heterocycles. The second kappa shape index (κ2) is 6.05. The summed E-state index contributed by atoms with van der Waals surface area (Å²) in [5.41, 5.74) is 2.41. The number of hydrogen-bond donors (Lipinski definition) is 1. The number of aromatic carboxylic acids is 1. The summed E-state index contributed by atoms with van der Waals surface area (Å²) in [5.74, 6) is 0.515. The van der Waals surface area contributed by atoms with Crippen molar-refractivity contribution in [3.63, 3.8) is 0 Å². The molecular formula is C16H19N3O3S. The van der Waals surface area contributed by atoms with E-state index in [4.69, 9.17) is 9.63 Å². The fourth-order valence-corrected chi connectivity index (χ4v) is 4.42. The zero-order valence-electron chi connectivity index (χ0n) is 12.8. The van der Waals surface area contributed by atoms with Crippen LogP contribution in [0.1, 0.15) is 56.9 Å². The fraction of sp³-hybridized carbons (Fsp3) is 0.562. The molecule has 0 bridgehead atoms. The van der Waals surface area contributed by atoms with Gasteiger partial charge in [-0.25, -0.2) is 9.78 Å². The number of carbonyl (C=O) groups is 1. The van der Waals surface area contributed by atoms with Gasteiger partial charge in [-0.05, 0) is 32.2 Å². The molecule has 2 aromatic rings. The number of thiazole rings is 1. The Balaban J connectivity index is 1.42. The summed E-state index contributed by atoms with van der Waals surface area (Å²) in [5, 5.41) is 14.2. The van der Waals surface area contributed by atoms with Crippen molar-refractivity contribution in [2.24, 2.45) is 0 Å². The van der Waals surface area contributed by atoms with E-state index in [1.54, 1.807) is 0 Å². The second-order valence-electron chi connectivity index (χ2n) is 6.33. The molecule has 7 heteroatoms. The van der Waals surface area contributed by atoms with Crippen molar-refractivity contribution >= 4 is 17.3 Å². The highest BCUT2D eigenvalue weighted by atomic mass is 32.1. The lowest BCUT2D eigenvalue weighted by Gasteiger charge is -2.15. The average molecular weight is 333 g/mol. The van der Waals surface area contributed by atoms with Gasteiger partial charge in [-0.1, -0.05) is 5.16 Å². The summed E-state index contributed by atoms with van der Waals surface area (Å²) < 4.78 is 5.49. The molecule has 1 atom stereocenters. The molecule has 4 rings (SSSR count). The third-order valence-electron chi connectivity index (χ3n) is 4.76. The number of rotatable bonds is 4. The maximum Gasteiger partial charge on any atom is 0.347 e. The number of hydrogen-bond acceptors (Lipinski definition) is 6. The standard InChI is InChI=1S/C16H19N3O3S/c20-16(21)14-7-17-15(23-14)10-5-6-19(8-10)9-12-11-3-1-2-4-13(11)22-18-12/h7,10H,1-6,8-9H2,(H,20,21). The third-order valence-corrected chi connectivity index (χ3v) is 5.91. The fourth-order valence-electron chi connectivity index (χ4n) is 3.54. The monoisotopic (exact) mass is 333 g/mol. The van der Waals surface area contributed by atoms with Gasteiger partial charge < -0.3 is 9.63 Å². The van der Waals surface area contributed by atoms with Crippen molar-refractivity contribution < 1.29 is 14.4 Å². The Kier molecular flexibility index (Phi) is 3.90. The Morgan fingerprint density at radius 3 is 3.13 bits per heavy atom. The first kappa shape index (κ1) is 14.8.